The third kappa shape index (κ3) is 4.19. The van der Waals surface area contributed by atoms with Crippen LogP contribution in [0.4, 0.5) is 11.4 Å². The van der Waals surface area contributed by atoms with E-state index >= 15 is 0 Å². The highest BCUT2D eigenvalue weighted by molar-refractivity contribution is 14.1. The lowest BCUT2D eigenvalue weighted by atomic mass is 10.1. The van der Waals surface area contributed by atoms with Gasteiger partial charge in [-0.1, -0.05) is 29.1 Å². The number of nitrogens with zero attached hydrogens (tertiary/aromatic N) is 2. The van der Waals surface area contributed by atoms with Gasteiger partial charge in [-0.05, 0) is 28.2 Å². The largest absolute Gasteiger partial charge is 0.439 e. The Kier molecular flexibility index (Phi) is 6.34. The van der Waals surface area contributed by atoms with Crippen molar-refractivity contribution in [1.29, 1.82) is 0 Å². The summed E-state index contributed by atoms with van der Waals surface area (Å²) < 4.78 is 3.92. The average molecular weight is 459 g/mol. The van der Waals surface area contributed by atoms with E-state index in [9.17, 15) is 25.0 Å². The Bertz CT molecular complexity index is 703. The van der Waals surface area contributed by atoms with Gasteiger partial charge in [0.2, 0.25) is 4.11 Å². The summed E-state index contributed by atoms with van der Waals surface area (Å²) in [5.74, 6) is 1.30. The molecule has 0 amide bonds. The molecule has 0 aliphatic heterocycles. The summed E-state index contributed by atoms with van der Waals surface area (Å²) in [6.45, 7) is 0. The van der Waals surface area contributed by atoms with Crippen LogP contribution in [0.15, 0.2) is 6.07 Å². The summed E-state index contributed by atoms with van der Waals surface area (Å²) in [4.78, 5) is 31.6. The second-order valence-electron chi connectivity index (χ2n) is 3.69. The van der Waals surface area contributed by atoms with Gasteiger partial charge in [0, 0.05) is 6.07 Å². The number of alkyl halides is 1. The number of halogens is 3. The molecule has 116 valence electrons. The Labute approximate surface area is 147 Å². The first kappa shape index (κ1) is 18.4. The lowest BCUT2D eigenvalue weighted by Gasteiger charge is -2.08. The smallest absolute Gasteiger partial charge is 0.313 e. The normalized spacial score (nSPS) is 11.4. The van der Waals surface area contributed by atoms with Gasteiger partial charge in [0.15, 0.2) is 5.02 Å². The Morgan fingerprint density at radius 1 is 1.36 bits per heavy atom. The molecular weight excluding hydrogens is 454 g/mol. The van der Waals surface area contributed by atoms with Crippen LogP contribution in [0.3, 0.4) is 0 Å². The van der Waals surface area contributed by atoms with E-state index in [1.807, 2.05) is 0 Å². The fraction of sp³-hybridized carbons (Fsp3) is 0.182. The molecule has 1 aromatic carbocycles. The van der Waals surface area contributed by atoms with E-state index in [0.717, 1.165) is 6.07 Å². The quantitative estimate of drug-likeness (QED) is 0.167. The van der Waals surface area contributed by atoms with Crippen molar-refractivity contribution in [2.45, 2.75) is 10.5 Å². The minimum absolute atomic E-state index is 0.157. The van der Waals surface area contributed by atoms with Gasteiger partial charge >= 0.3 is 11.7 Å². The fourth-order valence-electron chi connectivity index (χ4n) is 1.43. The average Bonchev–Trinajstić information content (AvgIpc) is 2.40. The van der Waals surface area contributed by atoms with Crippen molar-refractivity contribution < 1.29 is 19.4 Å². The maximum atomic E-state index is 11.6. The SMILES string of the molecule is C#CC(I)OC(=O)Cc1cc([N+](=O)[O-])c(Cl)c([N+](=O)[O-])c1Cl. The number of benzene rings is 1. The molecule has 0 aliphatic rings. The summed E-state index contributed by atoms with van der Waals surface area (Å²) >= 11 is 13.1. The van der Waals surface area contributed by atoms with Crippen LogP contribution < -0.4 is 0 Å². The van der Waals surface area contributed by atoms with Gasteiger partial charge in [-0.25, -0.2) is 0 Å². The molecule has 22 heavy (non-hydrogen) atoms. The zero-order valence-corrected chi connectivity index (χ0v) is 14.1. The summed E-state index contributed by atoms with van der Waals surface area (Å²) in [7, 11) is 0. The number of esters is 1. The maximum Gasteiger partial charge on any atom is 0.313 e. The fourth-order valence-corrected chi connectivity index (χ4v) is 2.33. The molecule has 8 nitrogen and oxygen atoms in total. The highest BCUT2D eigenvalue weighted by Crippen LogP contribution is 2.41. The van der Waals surface area contributed by atoms with Crippen molar-refractivity contribution in [2.24, 2.45) is 0 Å². The monoisotopic (exact) mass is 458 g/mol. The molecule has 1 unspecified atom stereocenters. The predicted octanol–water partition coefficient (Wildman–Crippen LogP) is 3.29. The van der Waals surface area contributed by atoms with E-state index in [1.54, 1.807) is 22.6 Å². The van der Waals surface area contributed by atoms with E-state index in [-0.39, 0.29) is 5.56 Å². The lowest BCUT2D eigenvalue weighted by molar-refractivity contribution is -0.393. The second-order valence-corrected chi connectivity index (χ2v) is 5.58. The number of hydrogen-bond acceptors (Lipinski definition) is 6. The van der Waals surface area contributed by atoms with E-state index in [1.165, 1.54) is 0 Å². The van der Waals surface area contributed by atoms with Crippen LogP contribution in [0.2, 0.25) is 10.0 Å². The van der Waals surface area contributed by atoms with Crippen LogP contribution >= 0.6 is 45.8 Å². The molecular formula is C11H5Cl2IN2O6. The van der Waals surface area contributed by atoms with E-state index in [4.69, 9.17) is 34.4 Å². The first-order valence-electron chi connectivity index (χ1n) is 5.28. The molecule has 0 saturated heterocycles. The van der Waals surface area contributed by atoms with Gasteiger partial charge in [0.1, 0.15) is 5.02 Å². The van der Waals surface area contributed by atoms with Gasteiger partial charge in [0.05, 0.1) is 16.3 Å². The number of carbonyl (C=O) groups is 1. The summed E-state index contributed by atoms with van der Waals surface area (Å²) in [5, 5.41) is 20.6. The molecule has 1 aromatic rings. The molecule has 11 heteroatoms. The standard InChI is InChI=1S/C11H5Cl2IN2O6/c1-2-7(14)22-8(17)4-5-3-6(15(18)19)10(13)11(9(5)12)16(20)21/h1,3,7H,4H2. The lowest BCUT2D eigenvalue weighted by Crippen LogP contribution is -2.13. The van der Waals surface area contributed by atoms with Gasteiger partial charge in [-0.2, -0.15) is 0 Å². The van der Waals surface area contributed by atoms with Crippen LogP contribution in [0.25, 0.3) is 0 Å². The number of nitro benzene ring substituents is 2. The zero-order valence-electron chi connectivity index (χ0n) is 10.4. The van der Waals surface area contributed by atoms with Crippen molar-refractivity contribution in [1.82, 2.24) is 0 Å². The number of terminal acetylenes is 1. The number of ether oxygens (including phenoxy) is 1. The van der Waals surface area contributed by atoms with E-state index in [0.29, 0.717) is 0 Å². The van der Waals surface area contributed by atoms with Gasteiger partial charge in [0.25, 0.3) is 5.69 Å². The third-order valence-corrected chi connectivity index (χ3v) is 3.72. The second kappa shape index (κ2) is 7.57. The molecule has 0 aromatic heterocycles. The molecule has 0 fully saturated rings. The molecule has 0 spiro atoms. The maximum absolute atomic E-state index is 11.6. The highest BCUT2D eigenvalue weighted by Gasteiger charge is 2.31. The van der Waals surface area contributed by atoms with Crippen LogP contribution in [0.1, 0.15) is 5.56 Å². The van der Waals surface area contributed by atoms with Crippen molar-refractivity contribution in [3.63, 3.8) is 0 Å². The number of hydrogen-bond donors (Lipinski definition) is 0. The van der Waals surface area contributed by atoms with E-state index < -0.39 is 47.8 Å². The molecule has 1 rings (SSSR count). The first-order valence-corrected chi connectivity index (χ1v) is 7.28. The number of rotatable bonds is 5. The number of carbonyl (C=O) groups excluding carboxylic acids is 1. The van der Waals surface area contributed by atoms with Crippen molar-refractivity contribution in [3.8, 4) is 12.3 Å². The highest BCUT2D eigenvalue weighted by atomic mass is 127. The van der Waals surface area contributed by atoms with Crippen LogP contribution in [-0.4, -0.2) is 19.9 Å². The van der Waals surface area contributed by atoms with Gasteiger partial charge in [-0.15, -0.1) is 6.42 Å². The number of nitro groups is 2. The summed E-state index contributed by atoms with van der Waals surface area (Å²) in [6.07, 6.45) is 4.51. The molecule has 0 saturated carbocycles. The Balaban J connectivity index is 3.31. The van der Waals surface area contributed by atoms with Crippen molar-refractivity contribution in [2.75, 3.05) is 0 Å². The van der Waals surface area contributed by atoms with Gasteiger partial charge in [-0.3, -0.25) is 25.0 Å². The summed E-state index contributed by atoms with van der Waals surface area (Å²) in [5.41, 5.74) is -1.73. The van der Waals surface area contributed by atoms with Crippen LogP contribution in [0, 0.1) is 32.6 Å². The Morgan fingerprint density at radius 3 is 2.41 bits per heavy atom. The van der Waals surface area contributed by atoms with Crippen molar-refractivity contribution in [3.05, 3.63) is 41.9 Å². The molecule has 0 bridgehead atoms. The van der Waals surface area contributed by atoms with E-state index in [2.05, 4.69) is 5.92 Å². The summed E-state index contributed by atoms with van der Waals surface area (Å²) in [6, 6.07) is 0.886. The Hall–Kier alpha value is -1.64. The molecule has 0 heterocycles. The third-order valence-electron chi connectivity index (χ3n) is 2.31. The van der Waals surface area contributed by atoms with Crippen molar-refractivity contribution >= 4 is 63.1 Å². The predicted molar refractivity (Wildman–Crippen MR) is 86.2 cm³/mol. The van der Waals surface area contributed by atoms with Crippen LogP contribution in [0.5, 0.6) is 0 Å². The molecule has 1 atom stereocenters. The Morgan fingerprint density at radius 2 is 1.95 bits per heavy atom. The zero-order chi connectivity index (χ0) is 17.0. The first-order chi connectivity index (χ1) is 10.2. The molecule has 0 N–H and O–H groups in total. The molecule has 0 radical (unpaired) electrons. The van der Waals surface area contributed by atoms with Gasteiger partial charge < -0.3 is 4.74 Å². The minimum Gasteiger partial charge on any atom is -0.439 e. The minimum atomic E-state index is -0.963. The topological polar surface area (TPSA) is 113 Å². The molecule has 0 aliphatic carbocycles. The van der Waals surface area contributed by atoms with Crippen LogP contribution in [-0.2, 0) is 16.0 Å².